The number of nitrogens with zero attached hydrogens (tertiary/aromatic N) is 2. The topological polar surface area (TPSA) is 71.4 Å². The van der Waals surface area contributed by atoms with E-state index in [4.69, 9.17) is 0 Å². The van der Waals surface area contributed by atoms with Crippen LogP contribution in [0.5, 0.6) is 0 Å². The maximum atomic E-state index is 13.3. The van der Waals surface area contributed by atoms with Gasteiger partial charge in [-0.3, -0.25) is 19.0 Å². The van der Waals surface area contributed by atoms with E-state index in [1.807, 2.05) is 39.0 Å². The van der Waals surface area contributed by atoms with Crippen molar-refractivity contribution < 1.29 is 9.59 Å². The lowest BCUT2D eigenvalue weighted by Crippen LogP contribution is -2.42. The molecule has 6 nitrogen and oxygen atoms in total. The molecule has 1 amide bonds. The Bertz CT molecular complexity index is 1190. The number of hydrogen-bond acceptors (Lipinski definition) is 5. The molecule has 2 aromatic rings. The van der Waals surface area contributed by atoms with Crippen molar-refractivity contribution in [2.45, 2.75) is 79.3 Å². The van der Waals surface area contributed by atoms with E-state index in [2.05, 4.69) is 36.2 Å². The predicted octanol–water partition coefficient (Wildman–Crippen LogP) is 3.43. The molecule has 0 unspecified atom stereocenters. The maximum absolute atomic E-state index is 13.3. The van der Waals surface area contributed by atoms with Gasteiger partial charge in [-0.25, -0.2) is 0 Å². The SMILES string of the molecule is CCN(CC)c1ccc(/C=c2\s/c(=C\C(=O)C(C)(C)C)n(CC(=O)NC3CCCCC3)c2=O)cc1. The zero-order valence-electron chi connectivity index (χ0n) is 21.7. The summed E-state index contributed by atoms with van der Waals surface area (Å²) in [6.07, 6.45) is 8.76. The van der Waals surface area contributed by atoms with Crippen LogP contribution in [0, 0.1) is 5.41 Å². The van der Waals surface area contributed by atoms with Gasteiger partial charge < -0.3 is 10.2 Å². The van der Waals surface area contributed by atoms with Crippen LogP contribution in [0.1, 0.15) is 72.3 Å². The summed E-state index contributed by atoms with van der Waals surface area (Å²) in [5.41, 5.74) is 1.24. The molecule has 1 fully saturated rings. The van der Waals surface area contributed by atoms with Gasteiger partial charge in [0.1, 0.15) is 11.2 Å². The van der Waals surface area contributed by atoms with Gasteiger partial charge in [0.05, 0.1) is 4.53 Å². The highest BCUT2D eigenvalue weighted by atomic mass is 32.1. The third kappa shape index (κ3) is 7.17. The fourth-order valence-corrected chi connectivity index (χ4v) is 5.35. The first kappa shape index (κ1) is 26.9. The maximum Gasteiger partial charge on any atom is 0.269 e. The average molecular weight is 498 g/mol. The number of carbonyl (C=O) groups excluding carboxylic acids is 2. The van der Waals surface area contributed by atoms with E-state index in [0.717, 1.165) is 50.0 Å². The Balaban J connectivity index is 1.97. The second-order valence-corrected chi connectivity index (χ2v) is 11.3. The van der Waals surface area contributed by atoms with Crippen LogP contribution >= 0.6 is 11.3 Å². The number of amides is 1. The molecule has 0 spiro atoms. The van der Waals surface area contributed by atoms with Crippen molar-refractivity contribution in [2.75, 3.05) is 18.0 Å². The lowest BCUT2D eigenvalue weighted by atomic mass is 9.91. The van der Waals surface area contributed by atoms with Crippen LogP contribution in [0.2, 0.25) is 0 Å². The fourth-order valence-electron chi connectivity index (χ4n) is 4.31. The van der Waals surface area contributed by atoms with Crippen LogP contribution in [0.25, 0.3) is 12.2 Å². The summed E-state index contributed by atoms with van der Waals surface area (Å²) >= 11 is 1.26. The van der Waals surface area contributed by atoms with E-state index in [9.17, 15) is 14.4 Å². The van der Waals surface area contributed by atoms with Gasteiger partial charge in [0.2, 0.25) is 5.91 Å². The molecule has 1 heterocycles. The molecule has 0 bridgehead atoms. The smallest absolute Gasteiger partial charge is 0.269 e. The summed E-state index contributed by atoms with van der Waals surface area (Å²) in [5, 5.41) is 3.08. The van der Waals surface area contributed by atoms with Crippen molar-refractivity contribution in [3.05, 3.63) is 49.4 Å². The van der Waals surface area contributed by atoms with E-state index in [0.29, 0.717) is 9.20 Å². The van der Waals surface area contributed by atoms with Crippen LogP contribution in [0.4, 0.5) is 5.69 Å². The highest BCUT2D eigenvalue weighted by molar-refractivity contribution is 7.07. The minimum atomic E-state index is -0.570. The van der Waals surface area contributed by atoms with Gasteiger partial charge in [-0.15, -0.1) is 11.3 Å². The first-order valence-corrected chi connectivity index (χ1v) is 13.6. The van der Waals surface area contributed by atoms with Crippen molar-refractivity contribution in [1.29, 1.82) is 0 Å². The second-order valence-electron chi connectivity index (χ2n) is 10.3. The highest BCUT2D eigenvalue weighted by Crippen LogP contribution is 2.18. The Morgan fingerprint density at radius 1 is 1.09 bits per heavy atom. The molecular formula is C28H39N3O3S. The molecule has 35 heavy (non-hydrogen) atoms. The number of benzene rings is 1. The van der Waals surface area contributed by atoms with Crippen molar-refractivity contribution in [2.24, 2.45) is 5.41 Å². The third-order valence-corrected chi connectivity index (χ3v) is 7.58. The molecule has 0 aliphatic heterocycles. The Labute approximate surface area is 212 Å². The number of ketones is 1. The van der Waals surface area contributed by atoms with Gasteiger partial charge in [0.25, 0.3) is 5.56 Å². The van der Waals surface area contributed by atoms with E-state index in [1.54, 1.807) is 0 Å². The molecule has 0 radical (unpaired) electrons. The summed E-state index contributed by atoms with van der Waals surface area (Å²) in [6.45, 7) is 11.6. The molecule has 1 aromatic heterocycles. The Morgan fingerprint density at radius 2 is 1.71 bits per heavy atom. The first-order chi connectivity index (χ1) is 16.6. The summed E-state index contributed by atoms with van der Waals surface area (Å²) in [5.74, 6) is -0.250. The van der Waals surface area contributed by atoms with Crippen LogP contribution in [-0.2, 0) is 16.1 Å². The van der Waals surface area contributed by atoms with Gasteiger partial charge >= 0.3 is 0 Å². The van der Waals surface area contributed by atoms with E-state index >= 15 is 0 Å². The van der Waals surface area contributed by atoms with Crippen LogP contribution in [0.15, 0.2) is 29.1 Å². The number of Topliss-reactive ketones (excluding diaryl/α,β-unsaturated/α-hetero) is 1. The van der Waals surface area contributed by atoms with Crippen molar-refractivity contribution in [3.63, 3.8) is 0 Å². The fraction of sp³-hybridized carbons (Fsp3) is 0.536. The minimum absolute atomic E-state index is 0.0738. The number of anilines is 1. The zero-order valence-corrected chi connectivity index (χ0v) is 22.5. The van der Waals surface area contributed by atoms with E-state index < -0.39 is 5.41 Å². The molecule has 1 N–H and O–H groups in total. The number of aromatic nitrogens is 1. The normalized spacial score (nSPS) is 15.9. The largest absolute Gasteiger partial charge is 0.372 e. The molecule has 0 atom stereocenters. The third-order valence-electron chi connectivity index (χ3n) is 6.52. The number of thiazole rings is 1. The van der Waals surface area contributed by atoms with Crippen molar-refractivity contribution in [3.8, 4) is 0 Å². The van der Waals surface area contributed by atoms with Gasteiger partial charge in [0, 0.05) is 36.3 Å². The van der Waals surface area contributed by atoms with Gasteiger partial charge in [-0.05, 0) is 50.5 Å². The molecule has 0 saturated heterocycles. The van der Waals surface area contributed by atoms with Crippen LogP contribution in [0.3, 0.4) is 0 Å². The predicted molar refractivity (Wildman–Crippen MR) is 145 cm³/mol. The van der Waals surface area contributed by atoms with Gasteiger partial charge in [-0.1, -0.05) is 52.2 Å². The average Bonchev–Trinajstić information content (AvgIpc) is 3.09. The minimum Gasteiger partial charge on any atom is -0.372 e. The lowest BCUT2D eigenvalue weighted by Gasteiger charge is -2.22. The molecular weight excluding hydrogens is 458 g/mol. The van der Waals surface area contributed by atoms with E-state index in [-0.39, 0.29) is 29.8 Å². The zero-order chi connectivity index (χ0) is 25.6. The molecule has 1 aliphatic carbocycles. The Kier molecular flexibility index (Phi) is 9.11. The van der Waals surface area contributed by atoms with Gasteiger partial charge in [-0.2, -0.15) is 0 Å². The molecule has 3 rings (SSSR count). The molecule has 1 aromatic carbocycles. The molecule has 7 heteroatoms. The monoisotopic (exact) mass is 497 g/mol. The second kappa shape index (κ2) is 11.8. The van der Waals surface area contributed by atoms with Crippen LogP contribution < -0.4 is 25.0 Å². The number of carbonyl (C=O) groups is 2. The summed E-state index contributed by atoms with van der Waals surface area (Å²) in [7, 11) is 0. The summed E-state index contributed by atoms with van der Waals surface area (Å²) < 4.78 is 2.47. The Morgan fingerprint density at radius 3 is 2.29 bits per heavy atom. The number of hydrogen-bond donors (Lipinski definition) is 1. The first-order valence-electron chi connectivity index (χ1n) is 12.7. The van der Waals surface area contributed by atoms with Crippen molar-refractivity contribution in [1.82, 2.24) is 9.88 Å². The number of rotatable bonds is 8. The van der Waals surface area contributed by atoms with Crippen molar-refractivity contribution >= 4 is 40.9 Å². The standard InChI is InChI=1S/C28H39N3O3S/c1-6-30(7-2)22-15-13-20(14-16-22)17-23-27(34)31(26(35-23)18-24(32)28(3,4)5)19-25(33)29-21-11-9-8-10-12-21/h13-18,21H,6-12,19H2,1-5H3,(H,29,33)/b23-17-,26-18-. The molecule has 1 aliphatic rings. The van der Waals surface area contributed by atoms with Crippen LogP contribution in [-0.4, -0.2) is 35.4 Å². The summed E-state index contributed by atoms with van der Waals surface area (Å²) in [4.78, 5) is 41.2. The van der Waals surface area contributed by atoms with E-state index in [1.165, 1.54) is 28.4 Å². The lowest BCUT2D eigenvalue weighted by molar-refractivity contribution is -0.123. The molecule has 190 valence electrons. The Hall–Kier alpha value is -2.67. The molecule has 1 saturated carbocycles. The summed E-state index contributed by atoms with van der Waals surface area (Å²) in [6, 6.07) is 8.27. The number of nitrogens with one attached hydrogen (secondary N) is 1. The quantitative estimate of drug-likeness (QED) is 0.607. The van der Waals surface area contributed by atoms with Gasteiger partial charge in [0.15, 0.2) is 5.78 Å². The highest BCUT2D eigenvalue weighted by Gasteiger charge is 2.21.